The summed E-state index contributed by atoms with van der Waals surface area (Å²) in [5.41, 5.74) is 4.15. The molecular weight excluding hydrogens is 381 g/mol. The molecule has 0 aromatic heterocycles. The number of urea groups is 1. The average Bonchev–Trinajstić information content (AvgIpc) is 2.75. The third kappa shape index (κ3) is 6.31. The summed E-state index contributed by atoms with van der Waals surface area (Å²) in [5.74, 6) is 0.0213. The van der Waals surface area contributed by atoms with E-state index >= 15 is 0 Å². The third-order valence-corrected chi connectivity index (χ3v) is 5.74. The summed E-state index contributed by atoms with van der Waals surface area (Å²) in [5, 5.41) is 5.81. The molecule has 5 nitrogen and oxygen atoms in total. The Morgan fingerprint density at radius 2 is 1.87 bits per heavy atom. The second kappa shape index (κ2) is 10.2. The lowest BCUT2D eigenvalue weighted by atomic mass is 9.93. The minimum Gasteiger partial charge on any atom is -0.352 e. The third-order valence-electron chi connectivity index (χ3n) is 5.74. The van der Waals surface area contributed by atoms with Crippen LogP contribution in [-0.4, -0.2) is 29.9 Å². The molecule has 2 aromatic carbocycles. The van der Waals surface area contributed by atoms with Crippen molar-refractivity contribution in [3.8, 4) is 0 Å². The number of carbonyl (C=O) groups is 2. The van der Waals surface area contributed by atoms with Crippen LogP contribution in [0.1, 0.15) is 42.4 Å². The van der Waals surface area contributed by atoms with Crippen LogP contribution < -0.4 is 10.6 Å². The number of carbonyl (C=O) groups excluding carboxylic acids is 2. The molecule has 2 aromatic rings. The number of likely N-dealkylation sites (tertiary alicyclic amines) is 1. The van der Waals surface area contributed by atoms with Gasteiger partial charge in [0.2, 0.25) is 5.91 Å². The quantitative estimate of drug-likeness (QED) is 0.718. The van der Waals surface area contributed by atoms with E-state index in [-0.39, 0.29) is 17.8 Å². The second-order valence-corrected chi connectivity index (χ2v) is 8.13. The number of aryl methyl sites for hydroxylation is 2. The molecule has 6 heteroatoms. The fourth-order valence-electron chi connectivity index (χ4n) is 3.76. The Kier molecular flexibility index (Phi) is 7.44. The molecular formula is C24H30FN3O2. The van der Waals surface area contributed by atoms with E-state index in [9.17, 15) is 14.0 Å². The van der Waals surface area contributed by atoms with Gasteiger partial charge in [-0.05, 0) is 80.0 Å². The number of hydrogen-bond acceptors (Lipinski definition) is 2. The topological polar surface area (TPSA) is 61.4 Å². The van der Waals surface area contributed by atoms with Gasteiger partial charge in [-0.3, -0.25) is 4.79 Å². The number of nitrogens with zero attached hydrogens (tertiary/aromatic N) is 1. The minimum atomic E-state index is -0.332. The van der Waals surface area contributed by atoms with E-state index < -0.39 is 0 Å². The standard InChI is InChI=1S/C24H30FN3O2/c1-17-5-6-20(14-18(17)2)15-26-23(29)12-7-19-4-3-13-28(16-19)24(30)27-22-10-8-21(25)9-11-22/h5-6,8-11,14,19H,3-4,7,12-13,15-16H2,1-2H3,(H,26,29)(H,27,30)/t19-/m1/s1. The Morgan fingerprint density at radius 1 is 1.10 bits per heavy atom. The van der Waals surface area contributed by atoms with E-state index in [0.717, 1.165) is 24.8 Å². The monoisotopic (exact) mass is 411 g/mol. The van der Waals surface area contributed by atoms with Crippen LogP contribution in [0.3, 0.4) is 0 Å². The Balaban J connectivity index is 1.41. The zero-order valence-electron chi connectivity index (χ0n) is 17.7. The summed E-state index contributed by atoms with van der Waals surface area (Å²) in [7, 11) is 0. The molecule has 0 spiro atoms. The van der Waals surface area contributed by atoms with E-state index in [1.54, 1.807) is 17.0 Å². The summed E-state index contributed by atoms with van der Waals surface area (Å²) in [6, 6.07) is 11.8. The normalized spacial score (nSPS) is 16.2. The van der Waals surface area contributed by atoms with Gasteiger partial charge in [0.25, 0.3) is 0 Å². The van der Waals surface area contributed by atoms with Crippen LogP contribution in [0.2, 0.25) is 0 Å². The van der Waals surface area contributed by atoms with Crippen molar-refractivity contribution in [3.05, 3.63) is 65.0 Å². The molecule has 2 N–H and O–H groups in total. The number of anilines is 1. The maximum absolute atomic E-state index is 13.0. The van der Waals surface area contributed by atoms with Crippen LogP contribution in [0.15, 0.2) is 42.5 Å². The molecule has 30 heavy (non-hydrogen) atoms. The van der Waals surface area contributed by atoms with Crippen molar-refractivity contribution >= 4 is 17.6 Å². The number of piperidine rings is 1. The minimum absolute atomic E-state index is 0.0427. The van der Waals surface area contributed by atoms with E-state index in [0.29, 0.717) is 37.7 Å². The first-order valence-corrected chi connectivity index (χ1v) is 10.5. The first-order valence-electron chi connectivity index (χ1n) is 10.5. The Hall–Kier alpha value is -2.89. The predicted molar refractivity (Wildman–Crippen MR) is 117 cm³/mol. The Labute approximate surface area is 177 Å². The molecule has 0 saturated carbocycles. The van der Waals surface area contributed by atoms with Crippen LogP contribution >= 0.6 is 0 Å². The van der Waals surface area contributed by atoms with Crippen LogP contribution in [0, 0.1) is 25.6 Å². The van der Waals surface area contributed by atoms with Gasteiger partial charge >= 0.3 is 6.03 Å². The van der Waals surface area contributed by atoms with Gasteiger partial charge in [0, 0.05) is 31.7 Å². The first kappa shape index (κ1) is 21.8. The second-order valence-electron chi connectivity index (χ2n) is 8.13. The molecule has 1 fully saturated rings. The largest absolute Gasteiger partial charge is 0.352 e. The van der Waals surface area contributed by atoms with Crippen molar-refractivity contribution in [2.75, 3.05) is 18.4 Å². The summed E-state index contributed by atoms with van der Waals surface area (Å²) in [4.78, 5) is 26.5. The zero-order chi connectivity index (χ0) is 21.5. The van der Waals surface area contributed by atoms with Gasteiger partial charge in [0.15, 0.2) is 0 Å². The molecule has 1 heterocycles. The number of nitrogens with one attached hydrogen (secondary N) is 2. The average molecular weight is 412 g/mol. The zero-order valence-corrected chi connectivity index (χ0v) is 17.7. The molecule has 0 bridgehead atoms. The first-order chi connectivity index (χ1) is 14.4. The van der Waals surface area contributed by atoms with Crippen LogP contribution in [-0.2, 0) is 11.3 Å². The molecule has 1 saturated heterocycles. The highest BCUT2D eigenvalue weighted by molar-refractivity contribution is 5.89. The molecule has 0 aliphatic carbocycles. The lowest BCUT2D eigenvalue weighted by molar-refractivity contribution is -0.121. The highest BCUT2D eigenvalue weighted by Gasteiger charge is 2.24. The highest BCUT2D eigenvalue weighted by Crippen LogP contribution is 2.22. The van der Waals surface area contributed by atoms with Gasteiger partial charge in [-0.1, -0.05) is 18.2 Å². The van der Waals surface area contributed by atoms with Crippen molar-refractivity contribution in [1.29, 1.82) is 0 Å². The smallest absolute Gasteiger partial charge is 0.321 e. The fraction of sp³-hybridized carbons (Fsp3) is 0.417. The van der Waals surface area contributed by atoms with Gasteiger partial charge in [0.1, 0.15) is 5.82 Å². The Bertz CT molecular complexity index is 883. The van der Waals surface area contributed by atoms with E-state index in [1.165, 1.54) is 23.3 Å². The van der Waals surface area contributed by atoms with E-state index in [4.69, 9.17) is 0 Å². The van der Waals surface area contributed by atoms with E-state index in [2.05, 4.69) is 36.6 Å². The number of benzene rings is 2. The van der Waals surface area contributed by atoms with Gasteiger partial charge in [0.05, 0.1) is 0 Å². The molecule has 3 rings (SSSR count). The SMILES string of the molecule is Cc1ccc(CNC(=O)CC[C@H]2CCCN(C(=O)Nc3ccc(F)cc3)C2)cc1C. The summed E-state index contributed by atoms with van der Waals surface area (Å²) < 4.78 is 13.0. The maximum Gasteiger partial charge on any atom is 0.321 e. The lowest BCUT2D eigenvalue weighted by Gasteiger charge is -2.32. The summed E-state index contributed by atoms with van der Waals surface area (Å²) in [6.45, 7) is 6.02. The molecule has 1 aliphatic heterocycles. The van der Waals surface area contributed by atoms with Crippen LogP contribution in [0.25, 0.3) is 0 Å². The van der Waals surface area contributed by atoms with E-state index in [1.807, 2.05) is 6.07 Å². The number of amides is 3. The lowest BCUT2D eigenvalue weighted by Crippen LogP contribution is -2.42. The molecule has 3 amide bonds. The molecule has 0 unspecified atom stereocenters. The molecule has 0 radical (unpaired) electrons. The van der Waals surface area contributed by atoms with Gasteiger partial charge in [-0.25, -0.2) is 9.18 Å². The highest BCUT2D eigenvalue weighted by atomic mass is 19.1. The predicted octanol–water partition coefficient (Wildman–Crippen LogP) is 4.78. The van der Waals surface area contributed by atoms with Crippen molar-refractivity contribution < 1.29 is 14.0 Å². The van der Waals surface area contributed by atoms with Crippen molar-refractivity contribution in [3.63, 3.8) is 0 Å². The van der Waals surface area contributed by atoms with Crippen LogP contribution in [0.5, 0.6) is 0 Å². The van der Waals surface area contributed by atoms with Crippen molar-refractivity contribution in [2.45, 2.75) is 46.1 Å². The number of rotatable bonds is 6. The van der Waals surface area contributed by atoms with Crippen molar-refractivity contribution in [1.82, 2.24) is 10.2 Å². The Morgan fingerprint density at radius 3 is 2.60 bits per heavy atom. The maximum atomic E-state index is 13.0. The summed E-state index contributed by atoms with van der Waals surface area (Å²) in [6.07, 6.45) is 3.17. The van der Waals surface area contributed by atoms with Crippen molar-refractivity contribution in [2.24, 2.45) is 5.92 Å². The summed E-state index contributed by atoms with van der Waals surface area (Å²) >= 11 is 0. The molecule has 160 valence electrons. The van der Waals surface area contributed by atoms with Crippen LogP contribution in [0.4, 0.5) is 14.9 Å². The molecule has 1 aliphatic rings. The van der Waals surface area contributed by atoms with Gasteiger partial charge in [-0.15, -0.1) is 0 Å². The molecule has 1 atom stereocenters. The number of hydrogen-bond donors (Lipinski definition) is 2. The van der Waals surface area contributed by atoms with Gasteiger partial charge in [-0.2, -0.15) is 0 Å². The fourth-order valence-corrected chi connectivity index (χ4v) is 3.76. The number of halogens is 1. The van der Waals surface area contributed by atoms with Gasteiger partial charge < -0.3 is 15.5 Å².